The van der Waals surface area contributed by atoms with Crippen LogP contribution in [0.1, 0.15) is 66.7 Å². The number of nitrogens with one attached hydrogen (secondary N) is 4. The average molecular weight is 710 g/mol. The summed E-state index contributed by atoms with van der Waals surface area (Å²) in [5.74, 6) is 1.25. The highest BCUT2D eigenvalue weighted by atomic mass is 16.4. The van der Waals surface area contributed by atoms with E-state index in [-0.39, 0.29) is 23.9 Å². The van der Waals surface area contributed by atoms with E-state index in [0.29, 0.717) is 30.9 Å². The van der Waals surface area contributed by atoms with E-state index < -0.39 is 12.1 Å². The Morgan fingerprint density at radius 2 is 1.28 bits per heavy atom. The Balaban J connectivity index is 0.925. The third-order valence-electron chi connectivity index (χ3n) is 10.2. The average Bonchev–Trinajstić information content (AvgIpc) is 4.04. The predicted molar refractivity (Wildman–Crippen MR) is 197 cm³/mol. The summed E-state index contributed by atoms with van der Waals surface area (Å²) in [6.45, 7) is 1.24. The zero-order chi connectivity index (χ0) is 36.3. The first kappa shape index (κ1) is 33.6. The molecule has 0 bridgehead atoms. The molecular weight excluding hydrogens is 670 g/mol. The van der Waals surface area contributed by atoms with Crippen molar-refractivity contribution in [2.45, 2.75) is 50.2 Å². The van der Waals surface area contributed by atoms with E-state index in [9.17, 15) is 19.5 Å². The molecule has 2 fully saturated rings. The van der Waals surface area contributed by atoms with Crippen LogP contribution in [-0.2, 0) is 16.0 Å². The van der Waals surface area contributed by atoms with Gasteiger partial charge in [-0.3, -0.25) is 9.59 Å². The molecule has 6 aromatic rings. The van der Waals surface area contributed by atoms with Crippen LogP contribution in [0.4, 0.5) is 4.79 Å². The monoisotopic (exact) mass is 709 g/mol. The first-order valence-electron chi connectivity index (χ1n) is 17.8. The number of carbonyl (C=O) groups is 3. The van der Waals surface area contributed by atoms with Crippen molar-refractivity contribution in [1.82, 2.24) is 45.0 Å². The second kappa shape index (κ2) is 14.6. The van der Waals surface area contributed by atoms with Gasteiger partial charge in [0.05, 0.1) is 48.6 Å². The summed E-state index contributed by atoms with van der Waals surface area (Å²) in [5.41, 5.74) is 7.25. The van der Waals surface area contributed by atoms with Gasteiger partial charge in [-0.2, -0.15) is 0 Å². The number of amides is 3. The number of aromatic amines is 3. The second-order valence-electron chi connectivity index (χ2n) is 13.5. The molecule has 0 aliphatic carbocycles. The summed E-state index contributed by atoms with van der Waals surface area (Å²) >= 11 is 0. The maximum atomic E-state index is 13.7. The van der Waals surface area contributed by atoms with Crippen LogP contribution in [0.5, 0.6) is 0 Å². The number of hydrogen-bond acceptors (Lipinski definition) is 6. The highest BCUT2D eigenvalue weighted by Gasteiger charge is 2.37. The molecular formula is C40H39N9O4. The predicted octanol–water partition coefficient (Wildman–Crippen LogP) is 6.44. The van der Waals surface area contributed by atoms with Crippen molar-refractivity contribution in [3.63, 3.8) is 0 Å². The molecule has 3 aromatic carbocycles. The summed E-state index contributed by atoms with van der Waals surface area (Å²) < 4.78 is 0. The van der Waals surface area contributed by atoms with E-state index in [1.54, 1.807) is 47.9 Å². The fourth-order valence-corrected chi connectivity index (χ4v) is 7.52. The Labute approximate surface area is 305 Å². The Kier molecular flexibility index (Phi) is 9.28. The van der Waals surface area contributed by atoms with Crippen molar-refractivity contribution >= 4 is 17.9 Å². The zero-order valence-corrected chi connectivity index (χ0v) is 28.9. The van der Waals surface area contributed by atoms with E-state index >= 15 is 0 Å². The molecule has 2 aliphatic rings. The van der Waals surface area contributed by atoms with Crippen LogP contribution in [0.15, 0.2) is 104 Å². The van der Waals surface area contributed by atoms with Gasteiger partial charge >= 0.3 is 6.09 Å². The minimum Gasteiger partial charge on any atom is -0.465 e. The van der Waals surface area contributed by atoms with E-state index in [2.05, 4.69) is 71.6 Å². The van der Waals surface area contributed by atoms with Crippen LogP contribution >= 0.6 is 0 Å². The molecule has 2 aliphatic heterocycles. The number of carbonyl (C=O) groups excluding carboxylic acids is 2. The summed E-state index contributed by atoms with van der Waals surface area (Å²) in [6, 6.07) is 24.1. The Hall–Kier alpha value is -6.50. The van der Waals surface area contributed by atoms with Gasteiger partial charge in [-0.25, -0.2) is 19.7 Å². The van der Waals surface area contributed by atoms with Crippen molar-refractivity contribution < 1.29 is 19.5 Å². The van der Waals surface area contributed by atoms with Crippen molar-refractivity contribution in [2.75, 3.05) is 13.1 Å². The zero-order valence-electron chi connectivity index (χ0n) is 28.9. The number of imidazole rings is 3. The van der Waals surface area contributed by atoms with Crippen LogP contribution in [0.2, 0.25) is 0 Å². The fraction of sp³-hybridized carbons (Fsp3) is 0.250. The number of rotatable bonds is 10. The van der Waals surface area contributed by atoms with Crippen molar-refractivity contribution in [1.29, 1.82) is 0 Å². The lowest BCUT2D eigenvalue weighted by molar-refractivity contribution is -0.134. The van der Waals surface area contributed by atoms with Crippen LogP contribution in [-0.4, -0.2) is 75.8 Å². The van der Waals surface area contributed by atoms with Gasteiger partial charge in [0.25, 0.3) is 5.91 Å². The van der Waals surface area contributed by atoms with Crippen LogP contribution in [0.25, 0.3) is 33.6 Å². The second-order valence-corrected chi connectivity index (χ2v) is 13.5. The third kappa shape index (κ3) is 7.05. The summed E-state index contributed by atoms with van der Waals surface area (Å²) in [4.78, 5) is 65.2. The van der Waals surface area contributed by atoms with Gasteiger partial charge in [0.2, 0.25) is 5.91 Å². The highest BCUT2D eigenvalue weighted by Crippen LogP contribution is 2.35. The maximum absolute atomic E-state index is 13.7. The highest BCUT2D eigenvalue weighted by molar-refractivity contribution is 5.87. The lowest BCUT2D eigenvalue weighted by Gasteiger charge is -2.28. The van der Waals surface area contributed by atoms with E-state index in [1.165, 1.54) is 0 Å². The van der Waals surface area contributed by atoms with E-state index in [4.69, 9.17) is 0 Å². The van der Waals surface area contributed by atoms with Crippen LogP contribution < -0.4 is 5.32 Å². The molecule has 0 radical (unpaired) electrons. The van der Waals surface area contributed by atoms with Crippen molar-refractivity contribution in [3.8, 4) is 33.6 Å². The summed E-state index contributed by atoms with van der Waals surface area (Å²) in [7, 11) is 0. The summed E-state index contributed by atoms with van der Waals surface area (Å²) in [6.07, 6.45) is 9.27. The molecule has 3 atom stereocenters. The molecule has 13 nitrogen and oxygen atoms in total. The molecule has 5 N–H and O–H groups in total. The van der Waals surface area contributed by atoms with Crippen molar-refractivity contribution in [2.24, 2.45) is 0 Å². The number of likely N-dealkylation sites (tertiary alicyclic amines) is 2. The van der Waals surface area contributed by atoms with Crippen LogP contribution in [0.3, 0.4) is 0 Å². The van der Waals surface area contributed by atoms with Crippen LogP contribution in [0, 0.1) is 0 Å². The van der Waals surface area contributed by atoms with Gasteiger partial charge in [0.15, 0.2) is 0 Å². The molecule has 0 spiro atoms. The molecule has 13 heteroatoms. The van der Waals surface area contributed by atoms with Gasteiger partial charge in [-0.05, 0) is 53.5 Å². The maximum Gasteiger partial charge on any atom is 0.405 e. The molecule has 0 saturated carbocycles. The largest absolute Gasteiger partial charge is 0.465 e. The molecule has 0 unspecified atom stereocenters. The Bertz CT molecular complexity index is 2190. The molecule has 53 heavy (non-hydrogen) atoms. The fourth-order valence-electron chi connectivity index (χ4n) is 7.52. The topological polar surface area (TPSA) is 176 Å². The molecule has 3 amide bonds. The molecule has 5 heterocycles. The Morgan fingerprint density at radius 1 is 0.736 bits per heavy atom. The van der Waals surface area contributed by atoms with Gasteiger partial charge in [0, 0.05) is 25.0 Å². The molecule has 2 saturated heterocycles. The van der Waals surface area contributed by atoms with Crippen molar-refractivity contribution in [3.05, 3.63) is 127 Å². The van der Waals surface area contributed by atoms with Gasteiger partial charge in [-0.1, -0.05) is 78.9 Å². The van der Waals surface area contributed by atoms with E-state index in [1.807, 2.05) is 29.3 Å². The third-order valence-corrected chi connectivity index (χ3v) is 10.2. The van der Waals surface area contributed by atoms with Gasteiger partial charge in [-0.15, -0.1) is 0 Å². The molecule has 3 aromatic heterocycles. The lowest BCUT2D eigenvalue weighted by Crippen LogP contribution is -2.42. The van der Waals surface area contributed by atoms with Gasteiger partial charge < -0.3 is 35.2 Å². The number of benzene rings is 3. The molecule has 268 valence electrons. The number of aromatic nitrogens is 6. The smallest absolute Gasteiger partial charge is 0.405 e. The number of nitrogens with zero attached hydrogens (tertiary/aromatic N) is 5. The lowest BCUT2D eigenvalue weighted by atomic mass is 10.0. The molecule has 8 rings (SSSR count). The van der Waals surface area contributed by atoms with E-state index in [0.717, 1.165) is 70.8 Å². The normalized spacial score (nSPS) is 17.6. The minimum absolute atomic E-state index is 0.0648. The first-order valence-corrected chi connectivity index (χ1v) is 17.8. The SMILES string of the molecule is O=C(O)N[C@@H](C(=O)N1CCC[C@H]1c1ncc(-c2ccc(-c3ccc(-c4cnc([C@@H]5CCCN5C(=O)Cc5cnc[nH]5)[nH]4)cc3)cc2)[nH]1)c1ccccc1. The minimum atomic E-state index is -1.25. The number of carboxylic acid groups (broad SMARTS) is 1. The summed E-state index contributed by atoms with van der Waals surface area (Å²) in [5, 5.41) is 11.9. The number of H-pyrrole nitrogens is 3. The quantitative estimate of drug-likeness (QED) is 0.109. The van der Waals surface area contributed by atoms with Gasteiger partial charge in [0.1, 0.15) is 17.7 Å². The first-order chi connectivity index (χ1) is 25.9. The number of hydrogen-bond donors (Lipinski definition) is 5. The Morgan fingerprint density at radius 3 is 1.83 bits per heavy atom. The standard InChI is InChI=1S/C40H39N9O4/c50-35(20-30-21-41-24-44-30)48-18-4-8-33(48)37-42-22-31(45-37)27-14-10-25(11-15-27)26-12-16-28(17-13-26)32-23-43-38(46-32)34-9-5-19-49(34)39(51)36(47-40(52)53)29-6-2-1-3-7-29/h1-3,6-7,10-17,21-24,33-34,36,47H,4-5,8-9,18-20H2,(H,41,44)(H,42,45)(H,43,46)(H,52,53)/t33-,34-,36+/m0/s1.